The predicted molar refractivity (Wildman–Crippen MR) is 70.9 cm³/mol. The average molecular weight is 273 g/mol. The van der Waals surface area contributed by atoms with Crippen molar-refractivity contribution >= 4 is 34.8 Å². The molecule has 1 unspecified atom stereocenters. The molecule has 0 radical (unpaired) electrons. The molecule has 1 aromatic rings. The normalized spacial score (nSPS) is 19.1. The molecule has 0 aliphatic carbocycles. The molecule has 3 nitrogen and oxygen atoms in total. The molecule has 1 amide bonds. The number of benzene rings is 1. The number of halogens is 2. The maximum Gasteiger partial charge on any atom is 0.223 e. The number of nitrogens with two attached hydrogens (primary N) is 1. The van der Waals surface area contributed by atoms with Gasteiger partial charge in [-0.2, -0.15) is 0 Å². The molecule has 1 aliphatic rings. The molecule has 0 bridgehead atoms. The zero-order chi connectivity index (χ0) is 12.6. The van der Waals surface area contributed by atoms with Gasteiger partial charge in [0.15, 0.2) is 0 Å². The SMILES string of the molecule is CC(=O)N1CCC(CN)c2ccc(Cl)c(Cl)c21. The maximum atomic E-state index is 11.6. The highest BCUT2D eigenvalue weighted by Gasteiger charge is 2.29. The first-order chi connectivity index (χ1) is 8.06. The molecule has 5 heteroatoms. The lowest BCUT2D eigenvalue weighted by molar-refractivity contribution is -0.116. The Balaban J connectivity index is 2.60. The lowest BCUT2D eigenvalue weighted by atomic mass is 9.90. The van der Waals surface area contributed by atoms with Crippen LogP contribution < -0.4 is 10.6 Å². The molecule has 0 aromatic heterocycles. The van der Waals surface area contributed by atoms with Crippen LogP contribution in [0.1, 0.15) is 24.8 Å². The fourth-order valence-electron chi connectivity index (χ4n) is 2.27. The van der Waals surface area contributed by atoms with Gasteiger partial charge in [0, 0.05) is 13.5 Å². The second-order valence-corrected chi connectivity index (χ2v) is 4.98. The lowest BCUT2D eigenvalue weighted by Gasteiger charge is -2.34. The topological polar surface area (TPSA) is 46.3 Å². The van der Waals surface area contributed by atoms with Crippen LogP contribution in [0.4, 0.5) is 5.69 Å². The quantitative estimate of drug-likeness (QED) is 0.855. The molecule has 92 valence electrons. The van der Waals surface area contributed by atoms with Crippen molar-refractivity contribution in [3.8, 4) is 0 Å². The Morgan fingerprint density at radius 1 is 1.53 bits per heavy atom. The number of carbonyl (C=O) groups excluding carboxylic acids is 1. The molecule has 17 heavy (non-hydrogen) atoms. The minimum absolute atomic E-state index is 0.0223. The van der Waals surface area contributed by atoms with Crippen LogP contribution in [0.2, 0.25) is 10.0 Å². The first-order valence-corrected chi connectivity index (χ1v) is 6.28. The van der Waals surface area contributed by atoms with Crippen LogP contribution in [0.3, 0.4) is 0 Å². The molecule has 2 N–H and O–H groups in total. The summed E-state index contributed by atoms with van der Waals surface area (Å²) < 4.78 is 0. The molecular formula is C12H14Cl2N2O. The number of carbonyl (C=O) groups is 1. The van der Waals surface area contributed by atoms with Gasteiger partial charge in [-0.3, -0.25) is 4.79 Å². The van der Waals surface area contributed by atoms with Crippen LogP contribution in [0, 0.1) is 0 Å². The van der Waals surface area contributed by atoms with Gasteiger partial charge in [-0.25, -0.2) is 0 Å². The van der Waals surface area contributed by atoms with Crippen LogP contribution >= 0.6 is 23.2 Å². The van der Waals surface area contributed by atoms with Crippen LogP contribution in [0.25, 0.3) is 0 Å². The van der Waals surface area contributed by atoms with Gasteiger partial charge < -0.3 is 10.6 Å². The lowest BCUT2D eigenvalue weighted by Crippen LogP contribution is -2.36. The van der Waals surface area contributed by atoms with E-state index >= 15 is 0 Å². The zero-order valence-corrected chi connectivity index (χ0v) is 11.1. The summed E-state index contributed by atoms with van der Waals surface area (Å²) in [6.07, 6.45) is 0.862. The third kappa shape index (κ3) is 2.15. The van der Waals surface area contributed by atoms with E-state index in [1.54, 1.807) is 11.0 Å². The van der Waals surface area contributed by atoms with E-state index in [9.17, 15) is 4.79 Å². The minimum atomic E-state index is -0.0223. The van der Waals surface area contributed by atoms with E-state index in [2.05, 4.69) is 0 Å². The van der Waals surface area contributed by atoms with Gasteiger partial charge in [-0.15, -0.1) is 0 Å². The Kier molecular flexibility index (Phi) is 3.61. The third-order valence-corrected chi connectivity index (χ3v) is 3.97. The van der Waals surface area contributed by atoms with Crippen LogP contribution in [0.15, 0.2) is 12.1 Å². The summed E-state index contributed by atoms with van der Waals surface area (Å²) in [5.74, 6) is 0.223. The number of amides is 1. The van der Waals surface area contributed by atoms with E-state index in [0.717, 1.165) is 17.7 Å². The molecular weight excluding hydrogens is 259 g/mol. The predicted octanol–water partition coefficient (Wildman–Crippen LogP) is 2.79. The highest BCUT2D eigenvalue weighted by Crippen LogP contribution is 2.42. The molecule has 0 saturated carbocycles. The number of rotatable bonds is 1. The summed E-state index contributed by atoms with van der Waals surface area (Å²) in [4.78, 5) is 13.3. The van der Waals surface area contributed by atoms with Gasteiger partial charge in [0.05, 0.1) is 15.7 Å². The number of anilines is 1. The molecule has 0 spiro atoms. The second kappa shape index (κ2) is 4.84. The number of nitrogens with zero attached hydrogens (tertiary/aromatic N) is 1. The molecule has 1 heterocycles. The average Bonchev–Trinajstić information content (AvgIpc) is 2.32. The van der Waals surface area contributed by atoms with Gasteiger partial charge in [0.2, 0.25) is 5.91 Å². The molecule has 1 aliphatic heterocycles. The summed E-state index contributed by atoms with van der Waals surface area (Å²) in [7, 11) is 0. The van der Waals surface area contributed by atoms with Crippen LogP contribution in [-0.2, 0) is 4.79 Å². The number of hydrogen-bond donors (Lipinski definition) is 1. The molecule has 0 saturated heterocycles. The highest BCUT2D eigenvalue weighted by molar-refractivity contribution is 6.44. The van der Waals surface area contributed by atoms with Crippen molar-refractivity contribution in [2.24, 2.45) is 5.73 Å². The Morgan fingerprint density at radius 2 is 2.24 bits per heavy atom. The van der Waals surface area contributed by atoms with Crippen molar-refractivity contribution in [1.82, 2.24) is 0 Å². The van der Waals surface area contributed by atoms with Crippen molar-refractivity contribution in [2.75, 3.05) is 18.0 Å². The van der Waals surface area contributed by atoms with Gasteiger partial charge >= 0.3 is 0 Å². The fourth-order valence-corrected chi connectivity index (χ4v) is 2.70. The van der Waals surface area contributed by atoms with E-state index in [4.69, 9.17) is 28.9 Å². The minimum Gasteiger partial charge on any atom is -0.330 e. The van der Waals surface area contributed by atoms with Crippen molar-refractivity contribution in [1.29, 1.82) is 0 Å². The zero-order valence-electron chi connectivity index (χ0n) is 9.54. The van der Waals surface area contributed by atoms with Crippen LogP contribution in [0.5, 0.6) is 0 Å². The number of fused-ring (bicyclic) bond motifs is 1. The Bertz CT molecular complexity index is 462. The van der Waals surface area contributed by atoms with Crippen LogP contribution in [-0.4, -0.2) is 19.0 Å². The molecule has 0 fully saturated rings. The van der Waals surface area contributed by atoms with E-state index in [1.807, 2.05) is 6.07 Å². The van der Waals surface area contributed by atoms with E-state index in [-0.39, 0.29) is 11.8 Å². The van der Waals surface area contributed by atoms with Crippen molar-refractivity contribution in [3.63, 3.8) is 0 Å². The van der Waals surface area contributed by atoms with E-state index in [1.165, 1.54) is 6.92 Å². The molecule has 1 atom stereocenters. The largest absolute Gasteiger partial charge is 0.330 e. The summed E-state index contributed by atoms with van der Waals surface area (Å²) in [5.41, 5.74) is 7.50. The first kappa shape index (κ1) is 12.7. The number of hydrogen-bond acceptors (Lipinski definition) is 2. The second-order valence-electron chi connectivity index (χ2n) is 4.19. The standard InChI is InChI=1S/C12H14Cl2N2O/c1-7(17)16-5-4-8(6-15)9-2-3-10(13)11(14)12(9)16/h2-3,8H,4-6,15H2,1H3. The summed E-state index contributed by atoms with van der Waals surface area (Å²) in [6, 6.07) is 3.67. The van der Waals surface area contributed by atoms with Gasteiger partial charge in [0.1, 0.15) is 0 Å². The van der Waals surface area contributed by atoms with E-state index in [0.29, 0.717) is 23.1 Å². The maximum absolute atomic E-state index is 11.6. The Morgan fingerprint density at radius 3 is 2.82 bits per heavy atom. The smallest absolute Gasteiger partial charge is 0.223 e. The van der Waals surface area contributed by atoms with Crippen molar-refractivity contribution in [3.05, 3.63) is 27.7 Å². The Labute approximate surface area is 110 Å². The highest BCUT2D eigenvalue weighted by atomic mass is 35.5. The summed E-state index contributed by atoms with van der Waals surface area (Å²) in [5, 5.41) is 0.909. The van der Waals surface area contributed by atoms with Gasteiger partial charge in [-0.05, 0) is 30.5 Å². The van der Waals surface area contributed by atoms with E-state index < -0.39 is 0 Å². The van der Waals surface area contributed by atoms with Gasteiger partial charge in [0.25, 0.3) is 0 Å². The van der Waals surface area contributed by atoms with Gasteiger partial charge in [-0.1, -0.05) is 29.3 Å². The third-order valence-electron chi connectivity index (χ3n) is 3.18. The monoisotopic (exact) mass is 272 g/mol. The van der Waals surface area contributed by atoms with Crippen molar-refractivity contribution < 1.29 is 4.79 Å². The summed E-state index contributed by atoms with van der Waals surface area (Å²) >= 11 is 12.2. The molecule has 1 aromatic carbocycles. The Hall–Kier alpha value is -0.770. The summed E-state index contributed by atoms with van der Waals surface area (Å²) in [6.45, 7) is 2.73. The first-order valence-electron chi connectivity index (χ1n) is 5.52. The van der Waals surface area contributed by atoms with Crippen molar-refractivity contribution in [2.45, 2.75) is 19.3 Å². The molecule has 2 rings (SSSR count). The fraction of sp³-hybridized carbons (Fsp3) is 0.417.